The van der Waals surface area contributed by atoms with Gasteiger partial charge in [-0.05, 0) is 38.8 Å². The molecule has 0 bridgehead atoms. The fraction of sp³-hybridized carbons (Fsp3) is 0.562. The molecule has 3 rings (SSSR count). The molecule has 1 aliphatic heterocycles. The van der Waals surface area contributed by atoms with Gasteiger partial charge >= 0.3 is 0 Å². The van der Waals surface area contributed by atoms with Gasteiger partial charge in [0.15, 0.2) is 0 Å². The Morgan fingerprint density at radius 1 is 1.38 bits per heavy atom. The molecule has 1 aromatic carbocycles. The Bertz CT molecular complexity index is 644. The van der Waals surface area contributed by atoms with Crippen LogP contribution in [0.4, 0.5) is 4.39 Å². The molecule has 1 aliphatic rings. The fourth-order valence-electron chi connectivity index (χ4n) is 3.25. The van der Waals surface area contributed by atoms with E-state index in [0.717, 1.165) is 24.2 Å². The first-order chi connectivity index (χ1) is 10.1. The van der Waals surface area contributed by atoms with Gasteiger partial charge in [-0.15, -0.1) is 0 Å². The normalized spacial score (nSPS) is 18.5. The molecule has 2 N–H and O–H groups in total. The molecular weight excluding hydrogens is 269 g/mol. The van der Waals surface area contributed by atoms with Crippen LogP contribution in [0, 0.1) is 5.82 Å². The zero-order valence-electron chi connectivity index (χ0n) is 12.6. The number of ether oxygens (including phenoxy) is 1. The largest absolute Gasteiger partial charge is 0.381 e. The third kappa shape index (κ3) is 2.34. The molecule has 2 aromatic rings. The minimum atomic E-state index is -0.253. The number of imidazole rings is 1. The smallest absolute Gasteiger partial charge is 0.125 e. The maximum Gasteiger partial charge on any atom is 0.125 e. The van der Waals surface area contributed by atoms with Crippen molar-refractivity contribution in [3.05, 3.63) is 29.8 Å². The lowest BCUT2D eigenvalue weighted by atomic mass is 9.79. The molecule has 0 atom stereocenters. The van der Waals surface area contributed by atoms with E-state index in [0.29, 0.717) is 25.3 Å². The molecule has 1 saturated heterocycles. The molecule has 2 heterocycles. The van der Waals surface area contributed by atoms with E-state index in [1.165, 1.54) is 12.1 Å². The van der Waals surface area contributed by atoms with Crippen LogP contribution >= 0.6 is 0 Å². The monoisotopic (exact) mass is 291 g/mol. The van der Waals surface area contributed by atoms with E-state index >= 15 is 0 Å². The van der Waals surface area contributed by atoms with Crippen molar-refractivity contribution < 1.29 is 9.13 Å². The average Bonchev–Trinajstić information content (AvgIpc) is 2.87. The molecule has 0 spiro atoms. The molecule has 5 heteroatoms. The number of fused-ring (bicyclic) bond motifs is 1. The SMILES string of the molecule is CC(C)n1c(C2(CN)CCOCC2)nc2cc(F)ccc21. The predicted octanol–water partition coefficient (Wildman–Crippen LogP) is 2.76. The molecule has 0 unspecified atom stereocenters. The number of nitrogens with two attached hydrogens (primary N) is 1. The summed E-state index contributed by atoms with van der Waals surface area (Å²) < 4.78 is 21.2. The summed E-state index contributed by atoms with van der Waals surface area (Å²) in [5.41, 5.74) is 7.62. The van der Waals surface area contributed by atoms with Crippen molar-refractivity contribution >= 4 is 11.0 Å². The summed E-state index contributed by atoms with van der Waals surface area (Å²) in [5, 5.41) is 0. The van der Waals surface area contributed by atoms with Gasteiger partial charge in [0.2, 0.25) is 0 Å². The van der Waals surface area contributed by atoms with Crippen LogP contribution in [0.15, 0.2) is 18.2 Å². The van der Waals surface area contributed by atoms with Crippen LogP contribution < -0.4 is 5.73 Å². The van der Waals surface area contributed by atoms with Crippen LogP contribution in [0.25, 0.3) is 11.0 Å². The highest BCUT2D eigenvalue weighted by Gasteiger charge is 2.38. The van der Waals surface area contributed by atoms with E-state index in [4.69, 9.17) is 15.5 Å². The van der Waals surface area contributed by atoms with Crippen molar-refractivity contribution in [3.63, 3.8) is 0 Å². The highest BCUT2D eigenvalue weighted by Crippen LogP contribution is 2.36. The summed E-state index contributed by atoms with van der Waals surface area (Å²) in [6.07, 6.45) is 1.73. The standard InChI is InChI=1S/C16H22FN3O/c1-11(2)20-14-4-3-12(17)9-13(14)19-15(20)16(10-18)5-7-21-8-6-16/h3-4,9,11H,5-8,10,18H2,1-2H3. The number of aromatic nitrogens is 2. The summed E-state index contributed by atoms with van der Waals surface area (Å²) in [6, 6.07) is 5.05. The molecule has 0 saturated carbocycles. The Hall–Kier alpha value is -1.46. The first kappa shape index (κ1) is 14.5. The molecule has 0 aliphatic carbocycles. The zero-order chi connectivity index (χ0) is 15.0. The summed E-state index contributed by atoms with van der Waals surface area (Å²) >= 11 is 0. The van der Waals surface area contributed by atoms with Gasteiger partial charge in [0.05, 0.1) is 11.0 Å². The summed E-state index contributed by atoms with van der Waals surface area (Å²) in [4.78, 5) is 4.75. The van der Waals surface area contributed by atoms with Gasteiger partial charge in [-0.2, -0.15) is 0 Å². The highest BCUT2D eigenvalue weighted by atomic mass is 19.1. The van der Waals surface area contributed by atoms with Gasteiger partial charge in [0, 0.05) is 37.3 Å². The van der Waals surface area contributed by atoms with Gasteiger partial charge in [0.1, 0.15) is 11.6 Å². The van der Waals surface area contributed by atoms with Gasteiger partial charge < -0.3 is 15.0 Å². The maximum absolute atomic E-state index is 13.5. The number of benzene rings is 1. The fourth-order valence-corrected chi connectivity index (χ4v) is 3.25. The molecule has 0 radical (unpaired) electrons. The number of hydrogen-bond donors (Lipinski definition) is 1. The minimum Gasteiger partial charge on any atom is -0.381 e. The summed E-state index contributed by atoms with van der Waals surface area (Å²) in [5.74, 6) is 0.722. The molecule has 1 aromatic heterocycles. The van der Waals surface area contributed by atoms with Crippen molar-refractivity contribution in [1.29, 1.82) is 0 Å². The van der Waals surface area contributed by atoms with E-state index < -0.39 is 0 Å². The lowest BCUT2D eigenvalue weighted by molar-refractivity contribution is 0.0485. The third-order valence-electron chi connectivity index (χ3n) is 4.48. The molecule has 21 heavy (non-hydrogen) atoms. The molecule has 0 amide bonds. The lowest BCUT2D eigenvalue weighted by Gasteiger charge is -2.36. The Kier molecular flexibility index (Phi) is 3.71. The molecule has 1 fully saturated rings. The number of nitrogens with zero attached hydrogens (tertiary/aromatic N) is 2. The molecule has 114 valence electrons. The van der Waals surface area contributed by atoms with Crippen molar-refractivity contribution in [1.82, 2.24) is 9.55 Å². The lowest BCUT2D eigenvalue weighted by Crippen LogP contribution is -2.43. The highest BCUT2D eigenvalue weighted by molar-refractivity contribution is 5.76. The summed E-state index contributed by atoms with van der Waals surface area (Å²) in [6.45, 7) is 6.18. The van der Waals surface area contributed by atoms with Crippen molar-refractivity contribution in [2.24, 2.45) is 5.73 Å². The van der Waals surface area contributed by atoms with Crippen molar-refractivity contribution in [2.75, 3.05) is 19.8 Å². The van der Waals surface area contributed by atoms with Crippen LogP contribution in [0.2, 0.25) is 0 Å². The Balaban J connectivity index is 2.22. The average molecular weight is 291 g/mol. The number of hydrogen-bond acceptors (Lipinski definition) is 3. The van der Waals surface area contributed by atoms with Gasteiger partial charge in [-0.1, -0.05) is 0 Å². The topological polar surface area (TPSA) is 53.1 Å². The van der Waals surface area contributed by atoms with E-state index in [2.05, 4.69) is 18.4 Å². The van der Waals surface area contributed by atoms with E-state index in [1.807, 2.05) is 6.07 Å². The quantitative estimate of drug-likeness (QED) is 0.946. The minimum absolute atomic E-state index is 0.169. The number of rotatable bonds is 3. The Morgan fingerprint density at radius 3 is 2.71 bits per heavy atom. The Morgan fingerprint density at radius 2 is 2.10 bits per heavy atom. The van der Waals surface area contributed by atoms with Crippen molar-refractivity contribution in [2.45, 2.75) is 38.1 Å². The van der Waals surface area contributed by atoms with Gasteiger partial charge in [-0.25, -0.2) is 9.37 Å². The number of halogens is 1. The second kappa shape index (κ2) is 5.39. The van der Waals surface area contributed by atoms with Gasteiger partial charge in [-0.3, -0.25) is 0 Å². The van der Waals surface area contributed by atoms with Crippen LogP contribution in [-0.2, 0) is 10.2 Å². The van der Waals surface area contributed by atoms with Gasteiger partial charge in [0.25, 0.3) is 0 Å². The first-order valence-electron chi connectivity index (χ1n) is 7.53. The van der Waals surface area contributed by atoms with E-state index in [1.54, 1.807) is 0 Å². The Labute approximate surface area is 124 Å². The van der Waals surface area contributed by atoms with E-state index in [-0.39, 0.29) is 17.3 Å². The van der Waals surface area contributed by atoms with E-state index in [9.17, 15) is 4.39 Å². The van der Waals surface area contributed by atoms with Crippen molar-refractivity contribution in [3.8, 4) is 0 Å². The van der Waals surface area contributed by atoms with Crippen LogP contribution in [0.1, 0.15) is 38.6 Å². The third-order valence-corrected chi connectivity index (χ3v) is 4.48. The predicted molar refractivity (Wildman–Crippen MR) is 80.9 cm³/mol. The summed E-state index contributed by atoms with van der Waals surface area (Å²) in [7, 11) is 0. The second-order valence-corrected chi connectivity index (χ2v) is 6.13. The second-order valence-electron chi connectivity index (χ2n) is 6.13. The maximum atomic E-state index is 13.5. The first-order valence-corrected chi connectivity index (χ1v) is 7.53. The van der Waals surface area contributed by atoms with Crippen LogP contribution in [0.5, 0.6) is 0 Å². The zero-order valence-corrected chi connectivity index (χ0v) is 12.6. The molecular formula is C16H22FN3O. The van der Waals surface area contributed by atoms with Crippen LogP contribution in [-0.4, -0.2) is 29.3 Å². The van der Waals surface area contributed by atoms with Crippen LogP contribution in [0.3, 0.4) is 0 Å². The molecule has 4 nitrogen and oxygen atoms in total.